The van der Waals surface area contributed by atoms with Gasteiger partial charge in [-0.1, -0.05) is 57.0 Å². The highest BCUT2D eigenvalue weighted by Crippen LogP contribution is 2.27. The number of esters is 2. The zero-order chi connectivity index (χ0) is 18.7. The summed E-state index contributed by atoms with van der Waals surface area (Å²) in [4.78, 5) is 26.5. The first kappa shape index (κ1) is 21.5. The van der Waals surface area contributed by atoms with E-state index in [0.29, 0.717) is 17.5 Å². The van der Waals surface area contributed by atoms with Gasteiger partial charge in [0.15, 0.2) is 6.07 Å². The summed E-state index contributed by atoms with van der Waals surface area (Å²) in [7, 11) is 0. The minimum Gasteiger partial charge on any atom is -0.457 e. The molecular weight excluding hydrogens is 342 g/mol. The highest BCUT2D eigenvalue weighted by molar-refractivity contribution is 6.17. The molecule has 1 unspecified atom stereocenters. The molecule has 0 radical (unpaired) electrons. The van der Waals surface area contributed by atoms with Crippen molar-refractivity contribution in [3.63, 3.8) is 0 Å². The first-order valence-electron chi connectivity index (χ1n) is 8.81. The monoisotopic (exact) mass is 369 g/mol. The summed E-state index contributed by atoms with van der Waals surface area (Å²) < 4.78 is 10.6. The van der Waals surface area contributed by atoms with Crippen molar-refractivity contribution in [1.29, 1.82) is 0 Å². The normalized spacial score (nSPS) is 12.0. The Kier molecular flexibility index (Phi) is 10.2. The fourth-order valence-electron chi connectivity index (χ4n) is 2.58. The molecule has 6 heteroatoms. The highest BCUT2D eigenvalue weighted by atomic mass is 35.5. The number of halogens is 1. The molecule has 0 spiro atoms. The van der Waals surface area contributed by atoms with Gasteiger partial charge in [-0.15, -0.1) is 0 Å². The van der Waals surface area contributed by atoms with Gasteiger partial charge in [0, 0.05) is 5.56 Å². The zero-order valence-electron chi connectivity index (χ0n) is 15.3. The van der Waals surface area contributed by atoms with Crippen LogP contribution in [0.25, 0.3) is 0 Å². The van der Waals surface area contributed by atoms with Crippen molar-refractivity contribution in [2.75, 3.05) is 25.7 Å². The lowest BCUT2D eigenvalue weighted by Crippen LogP contribution is -2.31. The van der Waals surface area contributed by atoms with E-state index in [1.54, 1.807) is 18.2 Å². The number of hydrogen-bond acceptors (Lipinski definition) is 5. The van der Waals surface area contributed by atoms with Crippen LogP contribution < -0.4 is 0 Å². The summed E-state index contributed by atoms with van der Waals surface area (Å²) in [6.07, 6.45) is 2.05. The Hall–Kier alpha value is -1.59. The van der Waals surface area contributed by atoms with Crippen molar-refractivity contribution in [2.24, 2.45) is 0 Å². The second kappa shape index (κ2) is 11.9. The number of alkyl halides is 1. The van der Waals surface area contributed by atoms with Gasteiger partial charge in [-0.25, -0.2) is 4.79 Å². The van der Waals surface area contributed by atoms with Crippen molar-refractivity contribution < 1.29 is 19.1 Å². The Balaban J connectivity index is 2.98. The molecule has 0 amide bonds. The molecule has 1 aromatic rings. The molecule has 0 bridgehead atoms. The third-order valence-corrected chi connectivity index (χ3v) is 4.16. The Morgan fingerprint density at radius 1 is 1.16 bits per heavy atom. The van der Waals surface area contributed by atoms with Crippen molar-refractivity contribution >= 4 is 23.5 Å². The predicted octanol–water partition coefficient (Wildman–Crippen LogP) is 4.16. The van der Waals surface area contributed by atoms with E-state index in [9.17, 15) is 9.59 Å². The van der Waals surface area contributed by atoms with Crippen LogP contribution in [0, 0.1) is 0 Å². The Bertz CT molecular complexity index is 546. The molecular formula is C19H28ClNO4. The number of rotatable bonds is 11. The maximum Gasteiger partial charge on any atom is 0.339 e. The van der Waals surface area contributed by atoms with Gasteiger partial charge >= 0.3 is 11.9 Å². The van der Waals surface area contributed by atoms with Crippen molar-refractivity contribution in [3.05, 3.63) is 35.4 Å². The lowest BCUT2D eigenvalue weighted by Gasteiger charge is -2.23. The summed E-state index contributed by atoms with van der Waals surface area (Å²) in [6.45, 7) is 7.88. The van der Waals surface area contributed by atoms with E-state index in [-0.39, 0.29) is 18.6 Å². The molecule has 0 heterocycles. The molecule has 1 aromatic carbocycles. The number of ether oxygens (including phenoxy) is 2. The second-order valence-electron chi connectivity index (χ2n) is 5.71. The first-order valence-corrected chi connectivity index (χ1v) is 9.34. The third kappa shape index (κ3) is 7.04. The van der Waals surface area contributed by atoms with Gasteiger partial charge in [-0.2, -0.15) is 0 Å². The van der Waals surface area contributed by atoms with Crippen LogP contribution >= 0.6 is 11.6 Å². The van der Waals surface area contributed by atoms with E-state index in [0.717, 1.165) is 25.9 Å². The zero-order valence-corrected chi connectivity index (χ0v) is 16.1. The number of benzene rings is 1. The maximum absolute atomic E-state index is 12.3. The smallest absolute Gasteiger partial charge is 0.339 e. The van der Waals surface area contributed by atoms with Crippen LogP contribution in [0.3, 0.4) is 0 Å². The molecule has 0 fully saturated rings. The van der Waals surface area contributed by atoms with E-state index in [2.05, 4.69) is 6.92 Å². The average Bonchev–Trinajstić information content (AvgIpc) is 2.63. The first-order chi connectivity index (χ1) is 12.1. The van der Waals surface area contributed by atoms with Crippen molar-refractivity contribution in [3.8, 4) is 0 Å². The standard InChI is InChI=1S/C19H28ClNO4/c1-4-7-12-17(25-18(22)13-21(5-2)6-3)15-10-8-9-11-16(15)19(23)24-14-20/h8-11,17H,4-7,12-14H2,1-3H3. The maximum atomic E-state index is 12.3. The average molecular weight is 370 g/mol. The molecule has 140 valence electrons. The van der Waals surface area contributed by atoms with Crippen molar-refractivity contribution in [1.82, 2.24) is 4.90 Å². The molecule has 5 nitrogen and oxygen atoms in total. The molecule has 1 rings (SSSR count). The SMILES string of the molecule is CCCCC(OC(=O)CN(CC)CC)c1ccccc1C(=O)OCCl. The highest BCUT2D eigenvalue weighted by Gasteiger charge is 2.23. The van der Waals surface area contributed by atoms with Crippen LogP contribution in [-0.4, -0.2) is 42.5 Å². The number of carbonyl (C=O) groups is 2. The molecule has 1 atom stereocenters. The van der Waals surface area contributed by atoms with E-state index in [4.69, 9.17) is 21.1 Å². The quantitative estimate of drug-likeness (QED) is 0.433. The number of likely N-dealkylation sites (N-methyl/N-ethyl adjacent to an activating group) is 1. The van der Waals surface area contributed by atoms with Gasteiger partial charge in [-0.05, 0) is 32.0 Å². The van der Waals surface area contributed by atoms with E-state index >= 15 is 0 Å². The van der Waals surface area contributed by atoms with Crippen LogP contribution in [0.15, 0.2) is 24.3 Å². The molecule has 0 saturated carbocycles. The summed E-state index contributed by atoms with van der Waals surface area (Å²) in [5, 5.41) is 0. The Morgan fingerprint density at radius 3 is 2.44 bits per heavy atom. The summed E-state index contributed by atoms with van der Waals surface area (Å²) in [6, 6.07) is 6.83. The fourth-order valence-corrected chi connectivity index (χ4v) is 2.68. The summed E-state index contributed by atoms with van der Waals surface area (Å²) >= 11 is 5.50. The molecule has 0 saturated heterocycles. The largest absolute Gasteiger partial charge is 0.457 e. The molecule has 0 aromatic heterocycles. The number of hydrogen-bond donors (Lipinski definition) is 0. The lowest BCUT2D eigenvalue weighted by molar-refractivity contribution is -0.151. The van der Waals surface area contributed by atoms with Gasteiger partial charge in [0.05, 0.1) is 12.1 Å². The van der Waals surface area contributed by atoms with Gasteiger partial charge in [-0.3, -0.25) is 9.69 Å². The minimum atomic E-state index is -0.508. The van der Waals surface area contributed by atoms with Crippen LogP contribution in [0.2, 0.25) is 0 Å². The molecule has 25 heavy (non-hydrogen) atoms. The van der Waals surface area contributed by atoms with E-state index in [1.165, 1.54) is 0 Å². The van der Waals surface area contributed by atoms with Crippen LogP contribution in [0.5, 0.6) is 0 Å². The van der Waals surface area contributed by atoms with Crippen molar-refractivity contribution in [2.45, 2.75) is 46.1 Å². The third-order valence-electron chi connectivity index (χ3n) is 4.05. The second-order valence-corrected chi connectivity index (χ2v) is 5.93. The number of unbranched alkanes of at least 4 members (excludes halogenated alkanes) is 1. The van der Waals surface area contributed by atoms with Crippen LogP contribution in [-0.2, 0) is 14.3 Å². The van der Waals surface area contributed by atoms with Crippen LogP contribution in [0.4, 0.5) is 0 Å². The Morgan fingerprint density at radius 2 is 1.84 bits per heavy atom. The predicted molar refractivity (Wildman–Crippen MR) is 98.7 cm³/mol. The molecule has 0 aliphatic carbocycles. The van der Waals surface area contributed by atoms with E-state index < -0.39 is 12.1 Å². The topological polar surface area (TPSA) is 55.8 Å². The molecule has 0 aliphatic heterocycles. The van der Waals surface area contributed by atoms with Gasteiger partial charge in [0.1, 0.15) is 6.10 Å². The lowest BCUT2D eigenvalue weighted by atomic mass is 9.98. The minimum absolute atomic E-state index is 0.214. The van der Waals surface area contributed by atoms with Gasteiger partial charge < -0.3 is 9.47 Å². The number of nitrogens with zero attached hydrogens (tertiary/aromatic N) is 1. The fraction of sp³-hybridized carbons (Fsp3) is 0.579. The number of carbonyl (C=O) groups excluding carboxylic acids is 2. The molecule has 0 aliphatic rings. The summed E-state index contributed by atoms with van der Waals surface area (Å²) in [5.74, 6) is -0.794. The van der Waals surface area contributed by atoms with Gasteiger partial charge in [0.2, 0.25) is 0 Å². The molecule has 0 N–H and O–H groups in total. The van der Waals surface area contributed by atoms with Crippen LogP contribution in [0.1, 0.15) is 62.1 Å². The summed E-state index contributed by atoms with van der Waals surface area (Å²) in [5.41, 5.74) is 1.05. The Labute approximate surface area is 155 Å². The van der Waals surface area contributed by atoms with Gasteiger partial charge in [0.25, 0.3) is 0 Å². The van der Waals surface area contributed by atoms with E-state index in [1.807, 2.05) is 24.8 Å².